The van der Waals surface area contributed by atoms with Gasteiger partial charge in [-0.1, -0.05) is 23.7 Å². The number of amides is 2. The van der Waals surface area contributed by atoms with Crippen LogP contribution >= 0.6 is 11.6 Å². The van der Waals surface area contributed by atoms with Crippen LogP contribution < -0.4 is 10.1 Å². The molecule has 6 nitrogen and oxygen atoms in total. The quantitative estimate of drug-likeness (QED) is 0.871. The van der Waals surface area contributed by atoms with E-state index < -0.39 is 11.7 Å². The first-order valence-corrected chi connectivity index (χ1v) is 8.79. The van der Waals surface area contributed by atoms with Crippen LogP contribution in [0.4, 0.5) is 10.1 Å². The van der Waals surface area contributed by atoms with E-state index in [9.17, 15) is 14.0 Å². The van der Waals surface area contributed by atoms with Crippen LogP contribution in [-0.2, 0) is 16.1 Å². The number of rotatable bonds is 4. The van der Waals surface area contributed by atoms with Crippen LogP contribution in [0.25, 0.3) is 0 Å². The molecule has 0 unspecified atom stereocenters. The highest BCUT2D eigenvalue weighted by atomic mass is 35.5. The van der Waals surface area contributed by atoms with Crippen LogP contribution in [0.2, 0.25) is 5.02 Å². The molecule has 0 atom stereocenters. The van der Waals surface area contributed by atoms with Crippen molar-refractivity contribution in [1.29, 1.82) is 0 Å². The average Bonchev–Trinajstić information content (AvgIpc) is 2.60. The number of ether oxygens (including phenoxy) is 2. The Morgan fingerprint density at radius 1 is 1.33 bits per heavy atom. The van der Waals surface area contributed by atoms with Gasteiger partial charge in [-0.25, -0.2) is 4.39 Å². The van der Waals surface area contributed by atoms with Crippen molar-refractivity contribution in [3.05, 3.63) is 58.4 Å². The summed E-state index contributed by atoms with van der Waals surface area (Å²) in [5, 5.41) is 3.21. The standard InChI is InChI=1S/C19H16ClFN2O4/c20-12-3-1-2-11(4-12)9-26-13-7-23(8-13)19(25)14-5-16-17(6-15(14)21)27-10-18(24)22-16/h1-6,13H,7-10H2,(H,22,24). The van der Waals surface area contributed by atoms with Gasteiger partial charge in [-0.3, -0.25) is 9.59 Å². The normalized spacial score (nSPS) is 16.2. The van der Waals surface area contributed by atoms with Crippen LogP contribution in [0, 0.1) is 5.82 Å². The number of hydrogen-bond acceptors (Lipinski definition) is 4. The summed E-state index contributed by atoms with van der Waals surface area (Å²) >= 11 is 5.94. The van der Waals surface area contributed by atoms with Crippen LogP contribution in [0.3, 0.4) is 0 Å². The van der Waals surface area contributed by atoms with Gasteiger partial charge < -0.3 is 19.7 Å². The Kier molecular flexibility index (Phi) is 4.72. The van der Waals surface area contributed by atoms with Crippen molar-refractivity contribution in [2.75, 3.05) is 25.0 Å². The number of carbonyl (C=O) groups excluding carboxylic acids is 2. The molecule has 1 fully saturated rings. The van der Waals surface area contributed by atoms with Crippen molar-refractivity contribution in [1.82, 2.24) is 4.90 Å². The topological polar surface area (TPSA) is 67.9 Å². The first-order chi connectivity index (χ1) is 13.0. The molecule has 0 radical (unpaired) electrons. The van der Waals surface area contributed by atoms with Crippen molar-refractivity contribution in [3.8, 4) is 5.75 Å². The van der Waals surface area contributed by atoms with Crippen LogP contribution in [0.5, 0.6) is 5.75 Å². The summed E-state index contributed by atoms with van der Waals surface area (Å²) in [6.45, 7) is 0.971. The van der Waals surface area contributed by atoms with Gasteiger partial charge in [0.2, 0.25) is 0 Å². The van der Waals surface area contributed by atoms with E-state index in [1.54, 1.807) is 6.07 Å². The molecule has 2 aromatic carbocycles. The van der Waals surface area contributed by atoms with Gasteiger partial charge in [0.15, 0.2) is 6.61 Å². The van der Waals surface area contributed by atoms with E-state index in [0.29, 0.717) is 30.4 Å². The lowest BCUT2D eigenvalue weighted by Crippen LogP contribution is -2.54. The Morgan fingerprint density at radius 2 is 2.15 bits per heavy atom. The highest BCUT2D eigenvalue weighted by molar-refractivity contribution is 6.30. The molecule has 2 amide bonds. The average molecular weight is 391 g/mol. The maximum absolute atomic E-state index is 14.3. The fourth-order valence-electron chi connectivity index (χ4n) is 2.99. The molecular weight excluding hydrogens is 375 g/mol. The monoisotopic (exact) mass is 390 g/mol. The molecule has 140 valence electrons. The van der Waals surface area contributed by atoms with E-state index >= 15 is 0 Å². The third kappa shape index (κ3) is 3.74. The molecule has 1 saturated heterocycles. The second-order valence-corrected chi connectivity index (χ2v) is 6.87. The Morgan fingerprint density at radius 3 is 2.93 bits per heavy atom. The first-order valence-electron chi connectivity index (χ1n) is 8.41. The highest BCUT2D eigenvalue weighted by Crippen LogP contribution is 2.31. The molecule has 0 aliphatic carbocycles. The molecule has 1 N–H and O–H groups in total. The number of halogens is 2. The number of nitrogens with one attached hydrogen (secondary N) is 1. The molecule has 0 spiro atoms. The summed E-state index contributed by atoms with van der Waals surface area (Å²) in [6, 6.07) is 9.79. The van der Waals surface area contributed by atoms with Gasteiger partial charge in [-0.15, -0.1) is 0 Å². The van der Waals surface area contributed by atoms with Crippen molar-refractivity contribution < 1.29 is 23.5 Å². The number of nitrogens with zero attached hydrogens (tertiary/aromatic N) is 1. The highest BCUT2D eigenvalue weighted by Gasteiger charge is 2.34. The molecule has 0 bridgehead atoms. The number of likely N-dealkylation sites (tertiary alicyclic amines) is 1. The van der Waals surface area contributed by atoms with Crippen molar-refractivity contribution in [3.63, 3.8) is 0 Å². The molecule has 2 aliphatic rings. The first kappa shape index (κ1) is 17.8. The summed E-state index contributed by atoms with van der Waals surface area (Å²) in [6.07, 6.45) is -0.114. The van der Waals surface area contributed by atoms with Gasteiger partial charge >= 0.3 is 0 Å². The lowest BCUT2D eigenvalue weighted by atomic mass is 10.1. The van der Waals surface area contributed by atoms with Crippen LogP contribution in [-0.4, -0.2) is 42.5 Å². The fourth-order valence-corrected chi connectivity index (χ4v) is 3.20. The van der Waals surface area contributed by atoms with E-state index in [2.05, 4.69) is 5.32 Å². The third-order valence-corrected chi connectivity index (χ3v) is 4.68. The van der Waals surface area contributed by atoms with Crippen molar-refractivity contribution in [2.45, 2.75) is 12.7 Å². The lowest BCUT2D eigenvalue weighted by Gasteiger charge is -2.39. The summed E-state index contributed by atoms with van der Waals surface area (Å²) in [4.78, 5) is 25.4. The van der Waals surface area contributed by atoms with E-state index in [0.717, 1.165) is 11.6 Å². The number of fused-ring (bicyclic) bond motifs is 1. The third-order valence-electron chi connectivity index (χ3n) is 4.44. The Bertz CT molecular complexity index is 915. The lowest BCUT2D eigenvalue weighted by molar-refractivity contribution is -0.118. The van der Waals surface area contributed by atoms with Crippen molar-refractivity contribution >= 4 is 29.1 Å². The zero-order chi connectivity index (χ0) is 19.0. The summed E-state index contributed by atoms with van der Waals surface area (Å²) < 4.78 is 25.2. The number of anilines is 1. The van der Waals surface area contributed by atoms with Gasteiger partial charge in [0.05, 0.1) is 24.0 Å². The van der Waals surface area contributed by atoms with Crippen LogP contribution in [0.15, 0.2) is 36.4 Å². The minimum absolute atomic E-state index is 0.104. The SMILES string of the molecule is O=C1COc2cc(F)c(C(=O)N3CC(OCc4cccc(Cl)c4)C3)cc2N1. The van der Waals surface area contributed by atoms with Gasteiger partial charge in [0, 0.05) is 24.2 Å². The zero-order valence-electron chi connectivity index (χ0n) is 14.2. The Balaban J connectivity index is 1.36. The van der Waals surface area contributed by atoms with Crippen molar-refractivity contribution in [2.24, 2.45) is 0 Å². The molecule has 0 saturated carbocycles. The van der Waals surface area contributed by atoms with E-state index in [-0.39, 0.29) is 29.9 Å². The fraction of sp³-hybridized carbons (Fsp3) is 0.263. The maximum Gasteiger partial charge on any atom is 0.262 e. The van der Waals surface area contributed by atoms with Crippen LogP contribution in [0.1, 0.15) is 15.9 Å². The molecular formula is C19H16ClFN2O4. The summed E-state index contributed by atoms with van der Waals surface area (Å²) in [5.74, 6) is -1.25. The molecule has 8 heteroatoms. The van der Waals surface area contributed by atoms with Gasteiger partial charge in [0.1, 0.15) is 11.6 Å². The number of benzene rings is 2. The Labute approximate surface area is 159 Å². The second-order valence-electron chi connectivity index (χ2n) is 6.44. The van der Waals surface area contributed by atoms with E-state index in [1.807, 2.05) is 18.2 Å². The largest absolute Gasteiger partial charge is 0.481 e. The number of hydrogen-bond donors (Lipinski definition) is 1. The predicted molar refractivity (Wildman–Crippen MR) is 96.5 cm³/mol. The molecule has 27 heavy (non-hydrogen) atoms. The van der Waals surface area contributed by atoms with E-state index in [4.69, 9.17) is 21.1 Å². The predicted octanol–water partition coefficient (Wildman–Crippen LogP) is 2.85. The van der Waals surface area contributed by atoms with Gasteiger partial charge in [0.25, 0.3) is 11.8 Å². The minimum atomic E-state index is -0.682. The number of carbonyl (C=O) groups is 2. The smallest absolute Gasteiger partial charge is 0.262 e. The molecule has 0 aromatic heterocycles. The van der Waals surface area contributed by atoms with E-state index in [1.165, 1.54) is 11.0 Å². The minimum Gasteiger partial charge on any atom is -0.481 e. The summed E-state index contributed by atoms with van der Waals surface area (Å²) in [7, 11) is 0. The molecule has 2 aliphatic heterocycles. The molecule has 2 aromatic rings. The Hall–Kier alpha value is -2.64. The van der Waals surface area contributed by atoms with Gasteiger partial charge in [-0.2, -0.15) is 0 Å². The summed E-state index contributed by atoms with van der Waals surface area (Å²) in [5.41, 5.74) is 1.14. The second kappa shape index (κ2) is 7.17. The molecule has 2 heterocycles. The zero-order valence-corrected chi connectivity index (χ0v) is 15.0. The molecule has 4 rings (SSSR count). The maximum atomic E-state index is 14.3. The van der Waals surface area contributed by atoms with Gasteiger partial charge in [-0.05, 0) is 23.8 Å².